The fourth-order valence-corrected chi connectivity index (χ4v) is 3.48. The fraction of sp³-hybridized carbons (Fsp3) is 0.923. The van der Waals surface area contributed by atoms with Gasteiger partial charge in [0.1, 0.15) is 6.10 Å². The first kappa shape index (κ1) is 31.5. The molecule has 0 bridgehead atoms. The first-order chi connectivity index (χ1) is 15.6. The Morgan fingerprint density at radius 1 is 0.688 bits per heavy atom. The molecule has 0 rings (SSSR count). The summed E-state index contributed by atoms with van der Waals surface area (Å²) >= 11 is 0. The third kappa shape index (κ3) is 19.0. The van der Waals surface area contributed by atoms with E-state index in [1.165, 1.54) is 77.0 Å². The van der Waals surface area contributed by atoms with Crippen LogP contribution < -0.4 is 0 Å². The molecule has 0 spiro atoms. The molecule has 6 nitrogen and oxygen atoms in total. The summed E-state index contributed by atoms with van der Waals surface area (Å²) in [5.74, 6) is 0. The Balaban J connectivity index is 3.53. The standard InChI is InChI=1S/C26H52O6/c1-2-3-4-5-6-7-8-9-10-11-12-13-14-15-16-17-18-31-23-26(21-28,22-29)24-32-20-25(30)19-27/h9-10,25,27-30H,2-8,11-24H2,1H3/b10-9-. The van der Waals surface area contributed by atoms with Gasteiger partial charge >= 0.3 is 0 Å². The van der Waals surface area contributed by atoms with Gasteiger partial charge in [0.2, 0.25) is 0 Å². The van der Waals surface area contributed by atoms with Crippen LogP contribution in [0.1, 0.15) is 96.8 Å². The lowest BCUT2D eigenvalue weighted by Crippen LogP contribution is -2.40. The molecule has 1 atom stereocenters. The largest absolute Gasteiger partial charge is 0.396 e. The van der Waals surface area contributed by atoms with E-state index in [0.717, 1.165) is 12.8 Å². The molecule has 0 fully saturated rings. The quantitative estimate of drug-likeness (QED) is 0.119. The van der Waals surface area contributed by atoms with Gasteiger partial charge in [-0.15, -0.1) is 0 Å². The molecule has 1 unspecified atom stereocenters. The van der Waals surface area contributed by atoms with Gasteiger partial charge in [-0.2, -0.15) is 0 Å². The summed E-state index contributed by atoms with van der Waals surface area (Å²) in [6.45, 7) is 2.21. The Labute approximate surface area is 197 Å². The summed E-state index contributed by atoms with van der Waals surface area (Å²) < 4.78 is 11.0. The van der Waals surface area contributed by atoms with Crippen molar-refractivity contribution in [3.05, 3.63) is 12.2 Å². The minimum Gasteiger partial charge on any atom is -0.396 e. The van der Waals surface area contributed by atoms with Crippen molar-refractivity contribution in [2.75, 3.05) is 46.2 Å². The molecule has 0 amide bonds. The molecule has 0 saturated heterocycles. The molecular weight excluding hydrogens is 408 g/mol. The molecule has 0 aromatic rings. The van der Waals surface area contributed by atoms with E-state index in [0.29, 0.717) is 6.61 Å². The van der Waals surface area contributed by atoms with E-state index in [9.17, 15) is 15.3 Å². The molecule has 0 aromatic carbocycles. The lowest BCUT2D eigenvalue weighted by molar-refractivity contribution is -0.0923. The molecule has 0 aliphatic carbocycles. The molecular formula is C26H52O6. The predicted molar refractivity (Wildman–Crippen MR) is 131 cm³/mol. The normalized spacial score (nSPS) is 13.3. The van der Waals surface area contributed by atoms with E-state index in [1.54, 1.807) is 0 Å². The second-order valence-corrected chi connectivity index (χ2v) is 9.16. The van der Waals surface area contributed by atoms with Crippen molar-refractivity contribution in [2.45, 2.75) is 103 Å². The van der Waals surface area contributed by atoms with E-state index in [-0.39, 0.29) is 39.6 Å². The Hall–Kier alpha value is -0.500. The van der Waals surface area contributed by atoms with Crippen LogP contribution in [-0.4, -0.2) is 72.8 Å². The molecule has 0 radical (unpaired) electrons. The highest BCUT2D eigenvalue weighted by Gasteiger charge is 2.30. The van der Waals surface area contributed by atoms with Gasteiger partial charge in [0.25, 0.3) is 0 Å². The van der Waals surface area contributed by atoms with E-state index in [1.807, 2.05) is 0 Å². The van der Waals surface area contributed by atoms with E-state index >= 15 is 0 Å². The number of unbranched alkanes of at least 4 members (excludes halogenated alkanes) is 12. The SMILES string of the molecule is CCCCCCCC/C=C\CCCCCCCCOCC(CO)(CO)COCC(O)CO. The van der Waals surface area contributed by atoms with Crippen LogP contribution in [0.2, 0.25) is 0 Å². The second-order valence-electron chi connectivity index (χ2n) is 9.16. The number of hydrogen-bond donors (Lipinski definition) is 4. The van der Waals surface area contributed by atoms with Gasteiger partial charge in [-0.1, -0.05) is 76.9 Å². The van der Waals surface area contributed by atoms with Gasteiger partial charge in [-0.05, 0) is 32.1 Å². The second kappa shape index (κ2) is 23.7. The zero-order chi connectivity index (χ0) is 23.8. The third-order valence-corrected chi connectivity index (χ3v) is 5.81. The summed E-state index contributed by atoms with van der Waals surface area (Å²) in [7, 11) is 0. The summed E-state index contributed by atoms with van der Waals surface area (Å²) in [5, 5.41) is 37.3. The number of ether oxygens (including phenoxy) is 2. The number of hydrogen-bond acceptors (Lipinski definition) is 6. The van der Waals surface area contributed by atoms with Crippen LogP contribution in [0.5, 0.6) is 0 Å². The number of aliphatic hydroxyl groups is 4. The lowest BCUT2D eigenvalue weighted by atomic mass is 9.92. The Morgan fingerprint density at radius 2 is 1.19 bits per heavy atom. The monoisotopic (exact) mass is 460 g/mol. The number of rotatable bonds is 25. The molecule has 0 aromatic heterocycles. The molecule has 0 aliphatic rings. The minimum atomic E-state index is -0.952. The van der Waals surface area contributed by atoms with Crippen molar-refractivity contribution in [2.24, 2.45) is 5.41 Å². The molecule has 0 saturated carbocycles. The topological polar surface area (TPSA) is 99.4 Å². The van der Waals surface area contributed by atoms with Crippen molar-refractivity contribution in [3.63, 3.8) is 0 Å². The van der Waals surface area contributed by atoms with Crippen LogP contribution in [0.3, 0.4) is 0 Å². The zero-order valence-electron chi connectivity index (χ0n) is 20.7. The first-order valence-electron chi connectivity index (χ1n) is 12.9. The smallest absolute Gasteiger partial charge is 0.100 e. The van der Waals surface area contributed by atoms with Crippen LogP contribution in [0.25, 0.3) is 0 Å². The fourth-order valence-electron chi connectivity index (χ4n) is 3.48. The highest BCUT2D eigenvalue weighted by molar-refractivity contribution is 4.81. The summed E-state index contributed by atoms with van der Waals surface area (Å²) in [6, 6.07) is 0. The van der Waals surface area contributed by atoms with Gasteiger partial charge in [0.05, 0.1) is 45.1 Å². The van der Waals surface area contributed by atoms with Gasteiger partial charge in [0, 0.05) is 6.61 Å². The van der Waals surface area contributed by atoms with Gasteiger partial charge < -0.3 is 29.9 Å². The van der Waals surface area contributed by atoms with Gasteiger partial charge in [-0.25, -0.2) is 0 Å². The highest BCUT2D eigenvalue weighted by Crippen LogP contribution is 2.18. The van der Waals surface area contributed by atoms with E-state index in [4.69, 9.17) is 14.6 Å². The van der Waals surface area contributed by atoms with Crippen molar-refractivity contribution >= 4 is 0 Å². The van der Waals surface area contributed by atoms with Gasteiger partial charge in [0.15, 0.2) is 0 Å². The maximum absolute atomic E-state index is 9.61. The zero-order valence-corrected chi connectivity index (χ0v) is 20.7. The van der Waals surface area contributed by atoms with E-state index < -0.39 is 11.5 Å². The third-order valence-electron chi connectivity index (χ3n) is 5.81. The lowest BCUT2D eigenvalue weighted by Gasteiger charge is -2.29. The Morgan fingerprint density at radius 3 is 1.72 bits per heavy atom. The van der Waals surface area contributed by atoms with Crippen LogP contribution in [0.15, 0.2) is 12.2 Å². The average molecular weight is 461 g/mol. The van der Waals surface area contributed by atoms with Crippen LogP contribution in [-0.2, 0) is 9.47 Å². The van der Waals surface area contributed by atoms with Crippen LogP contribution in [0.4, 0.5) is 0 Å². The molecule has 4 N–H and O–H groups in total. The summed E-state index contributed by atoms with van der Waals surface area (Å²) in [5.41, 5.74) is -0.877. The van der Waals surface area contributed by atoms with Crippen LogP contribution >= 0.6 is 0 Å². The van der Waals surface area contributed by atoms with Crippen molar-refractivity contribution in [3.8, 4) is 0 Å². The number of aliphatic hydroxyl groups excluding tert-OH is 4. The Bertz CT molecular complexity index is 398. The Kier molecular flexibility index (Phi) is 23.3. The number of allylic oxidation sites excluding steroid dienone is 2. The maximum Gasteiger partial charge on any atom is 0.100 e. The van der Waals surface area contributed by atoms with E-state index in [2.05, 4.69) is 19.1 Å². The molecule has 6 heteroatoms. The molecule has 0 heterocycles. The first-order valence-corrected chi connectivity index (χ1v) is 12.9. The minimum absolute atomic E-state index is 0.0346. The highest BCUT2D eigenvalue weighted by atomic mass is 16.5. The van der Waals surface area contributed by atoms with Crippen molar-refractivity contribution < 1.29 is 29.9 Å². The average Bonchev–Trinajstić information content (AvgIpc) is 2.82. The molecule has 0 aliphatic heterocycles. The van der Waals surface area contributed by atoms with Crippen molar-refractivity contribution in [1.82, 2.24) is 0 Å². The van der Waals surface area contributed by atoms with Gasteiger partial charge in [-0.3, -0.25) is 0 Å². The van der Waals surface area contributed by atoms with Crippen molar-refractivity contribution in [1.29, 1.82) is 0 Å². The molecule has 192 valence electrons. The maximum atomic E-state index is 9.61. The van der Waals surface area contributed by atoms with Crippen LogP contribution in [0, 0.1) is 5.41 Å². The predicted octanol–water partition coefficient (Wildman–Crippen LogP) is 4.38. The molecule has 32 heavy (non-hydrogen) atoms. The summed E-state index contributed by atoms with van der Waals surface area (Å²) in [6.07, 6.45) is 21.5. The summed E-state index contributed by atoms with van der Waals surface area (Å²) in [4.78, 5) is 0.